The van der Waals surface area contributed by atoms with Crippen LogP contribution in [0.5, 0.6) is 0 Å². The van der Waals surface area contributed by atoms with E-state index in [1.165, 1.54) is 10.4 Å². The highest BCUT2D eigenvalue weighted by Crippen LogP contribution is 2.30. The molecule has 0 spiro atoms. The summed E-state index contributed by atoms with van der Waals surface area (Å²) >= 11 is 5.31. The molecule has 0 aliphatic carbocycles. The van der Waals surface area contributed by atoms with Gasteiger partial charge in [-0.25, -0.2) is 0 Å². The van der Waals surface area contributed by atoms with Crippen LogP contribution in [-0.4, -0.2) is 12.0 Å². The van der Waals surface area contributed by atoms with Crippen molar-refractivity contribution in [2.24, 2.45) is 0 Å². The number of aryl methyl sites for hydroxylation is 1. The van der Waals surface area contributed by atoms with Gasteiger partial charge in [0.25, 0.3) is 0 Å². The number of hydrogen-bond acceptors (Lipinski definition) is 3. The van der Waals surface area contributed by atoms with Crippen LogP contribution in [0.1, 0.15) is 22.2 Å². The fraction of sp³-hybridized carbons (Fsp3) is 0.250. The van der Waals surface area contributed by atoms with Gasteiger partial charge in [0.15, 0.2) is 0 Å². The van der Waals surface area contributed by atoms with Crippen molar-refractivity contribution in [3.8, 4) is 0 Å². The van der Waals surface area contributed by atoms with Crippen LogP contribution >= 0.6 is 27.3 Å². The second-order valence-electron chi connectivity index (χ2n) is 3.52. The minimum atomic E-state index is 0.154. The first-order chi connectivity index (χ1) is 7.74. The van der Waals surface area contributed by atoms with E-state index in [0.29, 0.717) is 0 Å². The van der Waals surface area contributed by atoms with E-state index in [2.05, 4.69) is 44.6 Å². The van der Waals surface area contributed by atoms with Gasteiger partial charge < -0.3 is 5.32 Å². The van der Waals surface area contributed by atoms with Crippen LogP contribution in [0.3, 0.4) is 0 Å². The highest BCUT2D eigenvalue weighted by molar-refractivity contribution is 9.10. The number of thiophene rings is 1. The highest BCUT2D eigenvalue weighted by atomic mass is 79.9. The summed E-state index contributed by atoms with van der Waals surface area (Å²) in [5.41, 5.74) is 2.33. The molecular formula is C12H13BrN2S. The molecule has 1 N–H and O–H groups in total. The average Bonchev–Trinajstić information content (AvgIpc) is 2.69. The topological polar surface area (TPSA) is 24.9 Å². The van der Waals surface area contributed by atoms with Crippen molar-refractivity contribution < 1.29 is 0 Å². The predicted octanol–water partition coefficient (Wildman–Crippen LogP) is 3.52. The lowest BCUT2D eigenvalue weighted by atomic mass is 10.0. The normalized spacial score (nSPS) is 12.7. The van der Waals surface area contributed by atoms with E-state index < -0.39 is 0 Å². The van der Waals surface area contributed by atoms with Gasteiger partial charge >= 0.3 is 0 Å². The Balaban J connectivity index is 2.45. The van der Waals surface area contributed by atoms with Crippen molar-refractivity contribution >= 4 is 27.3 Å². The third-order valence-electron chi connectivity index (χ3n) is 2.56. The quantitative estimate of drug-likeness (QED) is 0.937. The zero-order valence-electron chi connectivity index (χ0n) is 9.20. The van der Waals surface area contributed by atoms with Gasteiger partial charge in [0.1, 0.15) is 0 Å². The molecule has 0 saturated heterocycles. The van der Waals surface area contributed by atoms with Crippen LogP contribution in [-0.2, 0) is 0 Å². The summed E-state index contributed by atoms with van der Waals surface area (Å²) in [7, 11) is 1.96. The maximum absolute atomic E-state index is 4.44. The Hall–Kier alpha value is -0.710. The van der Waals surface area contributed by atoms with Gasteiger partial charge in [-0.05, 0) is 59.0 Å². The maximum atomic E-state index is 4.44. The smallest absolute Gasteiger partial charge is 0.0771 e. The van der Waals surface area contributed by atoms with Crippen LogP contribution in [0.15, 0.2) is 34.2 Å². The molecule has 2 aromatic heterocycles. The second kappa shape index (κ2) is 5.08. The minimum absolute atomic E-state index is 0.154. The molecule has 1 unspecified atom stereocenters. The lowest BCUT2D eigenvalue weighted by Crippen LogP contribution is -2.19. The first-order valence-corrected chi connectivity index (χ1v) is 6.73. The molecule has 2 rings (SSSR count). The van der Waals surface area contributed by atoms with Gasteiger partial charge in [-0.1, -0.05) is 0 Å². The largest absolute Gasteiger partial charge is 0.308 e. The molecule has 2 aromatic rings. The molecule has 2 heterocycles. The van der Waals surface area contributed by atoms with Gasteiger partial charge in [0, 0.05) is 15.5 Å². The molecule has 4 heteroatoms. The van der Waals surface area contributed by atoms with Gasteiger partial charge in [-0.2, -0.15) is 0 Å². The molecule has 2 nitrogen and oxygen atoms in total. The number of hydrogen-bond donors (Lipinski definition) is 1. The predicted molar refractivity (Wildman–Crippen MR) is 71.9 cm³/mol. The first-order valence-electron chi connectivity index (χ1n) is 5.05. The van der Waals surface area contributed by atoms with Crippen molar-refractivity contribution in [1.82, 2.24) is 10.3 Å². The summed E-state index contributed by atoms with van der Waals surface area (Å²) in [6.45, 7) is 2.14. The monoisotopic (exact) mass is 296 g/mol. The Morgan fingerprint density at radius 1 is 1.44 bits per heavy atom. The van der Waals surface area contributed by atoms with E-state index in [1.807, 2.05) is 25.4 Å². The van der Waals surface area contributed by atoms with Gasteiger partial charge in [-0.15, -0.1) is 11.3 Å². The first kappa shape index (κ1) is 11.8. The van der Waals surface area contributed by atoms with Crippen LogP contribution in [0.4, 0.5) is 0 Å². The molecular weight excluding hydrogens is 284 g/mol. The van der Waals surface area contributed by atoms with Crippen LogP contribution in [0, 0.1) is 6.92 Å². The third kappa shape index (κ3) is 2.19. The van der Waals surface area contributed by atoms with Crippen LogP contribution < -0.4 is 5.32 Å². The molecule has 0 aromatic carbocycles. The molecule has 0 radical (unpaired) electrons. The van der Waals surface area contributed by atoms with E-state index in [1.54, 1.807) is 11.3 Å². The second-order valence-corrected chi connectivity index (χ2v) is 5.50. The number of pyridine rings is 1. The molecule has 0 aliphatic heterocycles. The molecule has 1 atom stereocenters. The summed E-state index contributed by atoms with van der Waals surface area (Å²) in [6.07, 6.45) is 1.83. The summed E-state index contributed by atoms with van der Waals surface area (Å²) in [5, 5.41) is 5.43. The fourth-order valence-electron chi connectivity index (χ4n) is 1.74. The van der Waals surface area contributed by atoms with E-state index in [9.17, 15) is 0 Å². The zero-order valence-corrected chi connectivity index (χ0v) is 11.6. The number of rotatable bonds is 3. The standard InChI is InChI=1S/C12H13BrN2S/c1-8-9(5-7-16-8)11(14-2)12-10(13)4-3-6-15-12/h3-7,11,14H,1-2H3. The molecule has 0 saturated carbocycles. The van der Waals surface area contributed by atoms with Gasteiger partial charge in [-0.3, -0.25) is 4.98 Å². The minimum Gasteiger partial charge on any atom is -0.308 e. The molecule has 0 fully saturated rings. The summed E-state index contributed by atoms with van der Waals surface area (Å²) in [4.78, 5) is 5.77. The lowest BCUT2D eigenvalue weighted by Gasteiger charge is -2.17. The number of aromatic nitrogens is 1. The van der Waals surface area contributed by atoms with E-state index in [4.69, 9.17) is 0 Å². The van der Waals surface area contributed by atoms with Crippen molar-refractivity contribution in [1.29, 1.82) is 0 Å². The highest BCUT2D eigenvalue weighted by Gasteiger charge is 2.18. The molecule has 16 heavy (non-hydrogen) atoms. The number of nitrogens with zero attached hydrogens (tertiary/aromatic N) is 1. The Morgan fingerprint density at radius 2 is 2.25 bits per heavy atom. The lowest BCUT2D eigenvalue weighted by molar-refractivity contribution is 0.667. The Labute approximate surface area is 108 Å². The summed E-state index contributed by atoms with van der Waals surface area (Å²) in [6, 6.07) is 6.26. The molecule has 84 valence electrons. The van der Waals surface area contributed by atoms with Crippen LogP contribution in [0.2, 0.25) is 0 Å². The number of nitrogens with one attached hydrogen (secondary N) is 1. The summed E-state index contributed by atoms with van der Waals surface area (Å²) in [5.74, 6) is 0. The van der Waals surface area contributed by atoms with Crippen molar-refractivity contribution in [2.75, 3.05) is 7.05 Å². The van der Waals surface area contributed by atoms with Crippen molar-refractivity contribution in [3.05, 3.63) is 50.4 Å². The van der Waals surface area contributed by atoms with Gasteiger partial charge in [0.2, 0.25) is 0 Å². The van der Waals surface area contributed by atoms with Crippen molar-refractivity contribution in [3.63, 3.8) is 0 Å². The third-order valence-corrected chi connectivity index (χ3v) is 4.09. The van der Waals surface area contributed by atoms with Crippen molar-refractivity contribution in [2.45, 2.75) is 13.0 Å². The average molecular weight is 297 g/mol. The van der Waals surface area contributed by atoms with E-state index in [-0.39, 0.29) is 6.04 Å². The Bertz CT molecular complexity index is 481. The fourth-order valence-corrected chi connectivity index (χ4v) is 2.97. The Morgan fingerprint density at radius 3 is 2.81 bits per heavy atom. The zero-order chi connectivity index (χ0) is 11.5. The van der Waals surface area contributed by atoms with Crippen LogP contribution in [0.25, 0.3) is 0 Å². The number of halogens is 1. The molecule has 0 amide bonds. The Kier molecular flexibility index (Phi) is 3.74. The van der Waals surface area contributed by atoms with E-state index >= 15 is 0 Å². The molecule has 0 aliphatic rings. The molecule has 0 bridgehead atoms. The SMILES string of the molecule is CNC(c1ccsc1C)c1ncccc1Br. The van der Waals surface area contributed by atoms with Gasteiger partial charge in [0.05, 0.1) is 11.7 Å². The summed E-state index contributed by atoms with van der Waals surface area (Å²) < 4.78 is 1.04. The maximum Gasteiger partial charge on any atom is 0.0771 e. The van der Waals surface area contributed by atoms with E-state index in [0.717, 1.165) is 10.2 Å².